The van der Waals surface area contributed by atoms with Crippen molar-refractivity contribution in [2.24, 2.45) is 5.73 Å². The van der Waals surface area contributed by atoms with Crippen molar-refractivity contribution >= 4 is 36.3 Å². The summed E-state index contributed by atoms with van der Waals surface area (Å²) in [5.74, 6) is -0.0989. The highest BCUT2D eigenvalue weighted by Gasteiger charge is 2.21. The summed E-state index contributed by atoms with van der Waals surface area (Å²) in [5, 5.41) is 12.0. The van der Waals surface area contributed by atoms with Crippen LogP contribution >= 0.6 is 24.4 Å². The predicted molar refractivity (Wildman–Crippen MR) is 112 cm³/mol. The van der Waals surface area contributed by atoms with Crippen LogP contribution in [-0.4, -0.2) is 46.8 Å². The first-order chi connectivity index (χ1) is 12.4. The van der Waals surface area contributed by atoms with Gasteiger partial charge < -0.3 is 16.2 Å². The van der Waals surface area contributed by atoms with E-state index in [9.17, 15) is 14.7 Å². The number of hydrogen-bond donors (Lipinski definition) is 4. The lowest BCUT2D eigenvalue weighted by Crippen LogP contribution is -2.41. The Morgan fingerprint density at radius 1 is 1.42 bits per heavy atom. The number of thiol groups is 1. The third-order valence-electron chi connectivity index (χ3n) is 3.96. The van der Waals surface area contributed by atoms with Crippen molar-refractivity contribution in [1.82, 2.24) is 5.32 Å². The molecule has 4 N–H and O–H groups in total. The van der Waals surface area contributed by atoms with Crippen LogP contribution in [-0.2, 0) is 17.6 Å². The monoisotopic (exact) mass is 396 g/mol. The van der Waals surface area contributed by atoms with Gasteiger partial charge in [-0.25, -0.2) is 4.79 Å². The van der Waals surface area contributed by atoms with Crippen LogP contribution in [0.5, 0.6) is 0 Å². The molecule has 1 rings (SSSR count). The molecule has 0 aliphatic carbocycles. The molecule has 0 spiro atoms. The van der Waals surface area contributed by atoms with Gasteiger partial charge in [0, 0.05) is 17.4 Å². The molecule has 26 heavy (non-hydrogen) atoms. The molecule has 144 valence electrons. The fourth-order valence-electron chi connectivity index (χ4n) is 2.44. The maximum atomic E-state index is 12.7. The lowest BCUT2D eigenvalue weighted by Gasteiger charge is -2.16. The van der Waals surface area contributed by atoms with Gasteiger partial charge in [-0.3, -0.25) is 4.79 Å². The quantitative estimate of drug-likeness (QED) is 0.341. The Morgan fingerprint density at radius 2 is 2.15 bits per heavy atom. The zero-order valence-electron chi connectivity index (χ0n) is 15.3. The fraction of sp³-hybridized carbons (Fsp3) is 0.474. The lowest BCUT2D eigenvalue weighted by molar-refractivity contribution is -0.139. The van der Waals surface area contributed by atoms with Crippen LogP contribution in [0, 0.1) is 0 Å². The van der Waals surface area contributed by atoms with Gasteiger partial charge >= 0.3 is 5.97 Å². The Bertz CT molecular complexity index is 635. The molecular weight excluding hydrogens is 368 g/mol. The van der Waals surface area contributed by atoms with E-state index in [1.54, 1.807) is 11.8 Å². The molecule has 0 radical (unpaired) electrons. The van der Waals surface area contributed by atoms with Crippen molar-refractivity contribution < 1.29 is 14.7 Å². The van der Waals surface area contributed by atoms with E-state index in [4.69, 9.17) is 5.73 Å². The highest BCUT2D eigenvalue weighted by atomic mass is 32.2. The van der Waals surface area contributed by atoms with Gasteiger partial charge in [0.25, 0.3) is 5.91 Å². The molecule has 2 atom stereocenters. The summed E-state index contributed by atoms with van der Waals surface area (Å²) in [6.07, 6.45) is 7.51. The number of carboxylic acids is 1. The summed E-state index contributed by atoms with van der Waals surface area (Å²) in [5.41, 5.74) is 8.21. The Balaban J connectivity index is 2.93. The Labute approximate surface area is 165 Å². The van der Waals surface area contributed by atoms with Crippen LogP contribution in [0.3, 0.4) is 0 Å². The maximum absolute atomic E-state index is 12.7. The summed E-state index contributed by atoms with van der Waals surface area (Å²) in [4.78, 5) is 24.0. The minimum Gasteiger partial charge on any atom is -0.480 e. The van der Waals surface area contributed by atoms with Crippen molar-refractivity contribution in [3.8, 4) is 0 Å². The van der Waals surface area contributed by atoms with Crippen LogP contribution in [0.4, 0.5) is 0 Å². The molecule has 1 amide bonds. The molecule has 0 aliphatic heterocycles. The lowest BCUT2D eigenvalue weighted by atomic mass is 9.99. The van der Waals surface area contributed by atoms with Crippen LogP contribution in [0.1, 0.15) is 34.8 Å². The normalized spacial score (nSPS) is 13.5. The first kappa shape index (κ1) is 22.6. The molecule has 0 bridgehead atoms. The average molecular weight is 397 g/mol. The molecule has 0 aromatic heterocycles. The predicted octanol–water partition coefficient (Wildman–Crippen LogP) is 2.54. The third kappa shape index (κ3) is 7.43. The van der Waals surface area contributed by atoms with Gasteiger partial charge in [-0.1, -0.05) is 31.2 Å². The van der Waals surface area contributed by atoms with Gasteiger partial charge in [0.15, 0.2) is 0 Å². The number of nitrogens with one attached hydrogen (secondary N) is 1. The zero-order chi connectivity index (χ0) is 19.5. The molecule has 1 aromatic carbocycles. The first-order valence-electron chi connectivity index (χ1n) is 8.60. The van der Waals surface area contributed by atoms with Crippen molar-refractivity contribution in [2.75, 3.05) is 17.8 Å². The molecule has 2 unspecified atom stereocenters. The summed E-state index contributed by atoms with van der Waals surface area (Å²) in [7, 11) is 0. The number of carboxylic acid groups (broad SMARTS) is 1. The topological polar surface area (TPSA) is 92.4 Å². The van der Waals surface area contributed by atoms with E-state index in [0.29, 0.717) is 36.3 Å². The number of hydrogen-bond acceptors (Lipinski definition) is 5. The van der Waals surface area contributed by atoms with Crippen molar-refractivity contribution in [2.45, 2.75) is 38.3 Å². The number of allylic oxidation sites excluding steroid dienone is 1. The van der Waals surface area contributed by atoms with E-state index in [2.05, 4.69) is 17.9 Å². The van der Waals surface area contributed by atoms with E-state index in [-0.39, 0.29) is 11.9 Å². The van der Waals surface area contributed by atoms with Gasteiger partial charge in [-0.2, -0.15) is 24.4 Å². The maximum Gasteiger partial charge on any atom is 0.326 e. The minimum atomic E-state index is -1.01. The van der Waals surface area contributed by atoms with Crippen LogP contribution in [0.25, 0.3) is 0 Å². The smallest absolute Gasteiger partial charge is 0.326 e. The number of rotatable bonds is 11. The number of carbonyl (C=O) groups excluding carboxylic acids is 1. The standard InChI is InChI=1S/C19H28N2O3S2/c1-3-14-8-7-13(5-4-6-15(20)12-25)11-16(14)18(22)21-17(19(23)24)9-10-26-2/h4,6-8,11,15,17,25H,3,5,9-10,12,20H2,1-2H3,(H,21,22)(H,23,24)/b6-4+. The van der Waals surface area contributed by atoms with E-state index in [1.807, 2.05) is 43.5 Å². The summed E-state index contributed by atoms with van der Waals surface area (Å²) >= 11 is 5.69. The van der Waals surface area contributed by atoms with Gasteiger partial charge in [-0.15, -0.1) is 0 Å². The second-order valence-electron chi connectivity index (χ2n) is 5.97. The molecule has 5 nitrogen and oxygen atoms in total. The number of thioether (sulfide) groups is 1. The number of aryl methyl sites for hydroxylation is 1. The fourth-order valence-corrected chi connectivity index (χ4v) is 3.03. The summed E-state index contributed by atoms with van der Waals surface area (Å²) in [6.45, 7) is 1.97. The highest BCUT2D eigenvalue weighted by Crippen LogP contribution is 2.15. The SMILES string of the molecule is CCc1ccc(C/C=C/C(N)CS)cc1C(=O)NC(CCSC)C(=O)O. The number of aliphatic carboxylic acids is 1. The molecular formula is C19H28N2O3S2. The molecule has 1 aromatic rings. The van der Waals surface area contributed by atoms with Crippen molar-refractivity contribution in [3.05, 3.63) is 47.0 Å². The van der Waals surface area contributed by atoms with Gasteiger partial charge in [0.2, 0.25) is 0 Å². The van der Waals surface area contributed by atoms with E-state index in [0.717, 1.165) is 11.1 Å². The van der Waals surface area contributed by atoms with E-state index in [1.165, 1.54) is 0 Å². The molecule has 0 fully saturated rings. The van der Waals surface area contributed by atoms with E-state index >= 15 is 0 Å². The molecule has 0 heterocycles. The Kier molecular flexibility index (Phi) is 10.5. The third-order valence-corrected chi connectivity index (χ3v) is 5.03. The minimum absolute atomic E-state index is 0.0937. The van der Waals surface area contributed by atoms with Gasteiger partial charge in [0.05, 0.1) is 0 Å². The number of amides is 1. The largest absolute Gasteiger partial charge is 0.480 e. The van der Waals surface area contributed by atoms with Crippen LogP contribution in [0.2, 0.25) is 0 Å². The molecule has 0 saturated heterocycles. The van der Waals surface area contributed by atoms with E-state index < -0.39 is 12.0 Å². The highest BCUT2D eigenvalue weighted by molar-refractivity contribution is 7.98. The average Bonchev–Trinajstić information content (AvgIpc) is 2.64. The first-order valence-corrected chi connectivity index (χ1v) is 10.6. The second-order valence-corrected chi connectivity index (χ2v) is 7.32. The van der Waals surface area contributed by atoms with Crippen LogP contribution in [0.15, 0.2) is 30.4 Å². The molecule has 7 heteroatoms. The van der Waals surface area contributed by atoms with Gasteiger partial charge in [0.1, 0.15) is 6.04 Å². The zero-order valence-corrected chi connectivity index (χ0v) is 17.0. The Morgan fingerprint density at radius 3 is 2.73 bits per heavy atom. The molecule has 0 aliphatic rings. The van der Waals surface area contributed by atoms with Gasteiger partial charge in [-0.05, 0) is 48.5 Å². The number of carbonyl (C=O) groups is 2. The number of nitrogens with two attached hydrogens (primary N) is 1. The molecule has 0 saturated carbocycles. The second kappa shape index (κ2) is 12.0. The van der Waals surface area contributed by atoms with Crippen molar-refractivity contribution in [1.29, 1.82) is 0 Å². The number of benzene rings is 1. The summed E-state index contributed by atoms with van der Waals surface area (Å²) in [6, 6.07) is 4.77. The van der Waals surface area contributed by atoms with Crippen molar-refractivity contribution in [3.63, 3.8) is 0 Å². The van der Waals surface area contributed by atoms with Crippen LogP contribution < -0.4 is 11.1 Å². The Hall–Kier alpha value is -1.44. The summed E-state index contributed by atoms with van der Waals surface area (Å²) < 4.78 is 0.